The van der Waals surface area contributed by atoms with Crippen molar-refractivity contribution in [2.24, 2.45) is 5.92 Å². The molecule has 2 aromatic rings. The highest BCUT2D eigenvalue weighted by molar-refractivity contribution is 7.92. The molecule has 10 heteroatoms. The molecule has 0 atom stereocenters. The minimum Gasteiger partial charge on any atom is -0.339 e. The average molecular weight is 528 g/mol. The highest BCUT2D eigenvalue weighted by atomic mass is 32.2. The largest absolute Gasteiger partial charge is 0.339 e. The van der Waals surface area contributed by atoms with E-state index in [1.54, 1.807) is 24.8 Å². The van der Waals surface area contributed by atoms with Crippen LogP contribution in [-0.4, -0.2) is 51.7 Å². The Kier molecular flexibility index (Phi) is 7.49. The lowest BCUT2D eigenvalue weighted by molar-refractivity contribution is -0.00850. The number of halogens is 2. The van der Waals surface area contributed by atoms with E-state index in [2.05, 4.69) is 0 Å². The van der Waals surface area contributed by atoms with E-state index in [4.69, 9.17) is 0 Å². The number of amides is 1. The topological polar surface area (TPSA) is 88.6 Å². The standard InChI is InChI=1S/C25H31F2NO5S2/c1-5-25(26,27)20-9-7-11-22(17-20)35(32,33)24(2,3)19-12-14-28(15-13-19)23(29)18-8-6-10-21(16-18)34(4,30)31/h6-11,16-17,19H,5,12-15H2,1-4H3. The smallest absolute Gasteiger partial charge is 0.273 e. The Morgan fingerprint density at radius 1 is 0.971 bits per heavy atom. The number of sulfone groups is 2. The summed E-state index contributed by atoms with van der Waals surface area (Å²) in [6.45, 7) is 5.16. The van der Waals surface area contributed by atoms with Gasteiger partial charge in [-0.1, -0.05) is 25.1 Å². The second-order valence-corrected chi connectivity index (χ2v) is 14.1. The van der Waals surface area contributed by atoms with E-state index in [-0.39, 0.29) is 32.7 Å². The first-order valence-electron chi connectivity index (χ1n) is 11.4. The third-order valence-corrected chi connectivity index (χ3v) is 10.7. The van der Waals surface area contributed by atoms with Crippen LogP contribution >= 0.6 is 0 Å². The average Bonchev–Trinajstić information content (AvgIpc) is 2.83. The summed E-state index contributed by atoms with van der Waals surface area (Å²) >= 11 is 0. The second kappa shape index (κ2) is 9.61. The third-order valence-electron chi connectivity index (χ3n) is 6.98. The third kappa shape index (κ3) is 5.43. The van der Waals surface area contributed by atoms with Crippen LogP contribution in [0.1, 0.15) is 56.0 Å². The van der Waals surface area contributed by atoms with Gasteiger partial charge >= 0.3 is 0 Å². The second-order valence-electron chi connectivity index (χ2n) is 9.56. The monoisotopic (exact) mass is 527 g/mol. The minimum absolute atomic E-state index is 0.0568. The fourth-order valence-corrected chi connectivity index (χ4v) is 6.93. The fraction of sp³-hybridized carbons (Fsp3) is 0.480. The molecule has 1 heterocycles. The Morgan fingerprint density at radius 2 is 1.54 bits per heavy atom. The number of hydrogen-bond acceptors (Lipinski definition) is 5. The fourth-order valence-electron chi connectivity index (χ4n) is 4.44. The van der Waals surface area contributed by atoms with Crippen LogP contribution in [0.5, 0.6) is 0 Å². The lowest BCUT2D eigenvalue weighted by Gasteiger charge is -2.40. The molecular formula is C25H31F2NO5S2. The van der Waals surface area contributed by atoms with Gasteiger partial charge in [-0.05, 0) is 62.9 Å². The lowest BCUT2D eigenvalue weighted by Crippen LogP contribution is -2.47. The molecule has 3 rings (SSSR count). The van der Waals surface area contributed by atoms with Gasteiger partial charge in [0, 0.05) is 36.9 Å². The zero-order valence-electron chi connectivity index (χ0n) is 20.3. The zero-order valence-corrected chi connectivity index (χ0v) is 21.9. The molecule has 0 saturated carbocycles. The molecule has 0 aliphatic carbocycles. The molecule has 1 saturated heterocycles. The van der Waals surface area contributed by atoms with E-state index in [9.17, 15) is 30.4 Å². The maximum atomic E-state index is 14.2. The zero-order chi connectivity index (χ0) is 26.2. The first-order chi connectivity index (χ1) is 16.1. The van der Waals surface area contributed by atoms with Crippen LogP contribution in [0, 0.1) is 5.92 Å². The summed E-state index contributed by atoms with van der Waals surface area (Å²) < 4.78 is 77.8. The molecule has 0 radical (unpaired) electrons. The Balaban J connectivity index is 1.78. The number of hydrogen-bond donors (Lipinski definition) is 0. The Bertz CT molecular complexity index is 1310. The van der Waals surface area contributed by atoms with Crippen molar-refractivity contribution in [2.45, 2.75) is 60.5 Å². The van der Waals surface area contributed by atoms with Gasteiger partial charge in [0.25, 0.3) is 11.8 Å². The van der Waals surface area contributed by atoms with Crippen LogP contribution in [0.2, 0.25) is 0 Å². The normalized spacial score (nSPS) is 16.3. The summed E-state index contributed by atoms with van der Waals surface area (Å²) in [5.41, 5.74) is -0.0689. The molecule has 1 aliphatic heterocycles. The predicted molar refractivity (Wildman–Crippen MR) is 130 cm³/mol. The Hall–Kier alpha value is -2.33. The lowest BCUT2D eigenvalue weighted by atomic mass is 9.85. The van der Waals surface area contributed by atoms with E-state index >= 15 is 0 Å². The highest BCUT2D eigenvalue weighted by Gasteiger charge is 2.44. The number of alkyl halides is 2. The molecule has 1 fully saturated rings. The van der Waals surface area contributed by atoms with Crippen molar-refractivity contribution in [1.29, 1.82) is 0 Å². The van der Waals surface area contributed by atoms with Gasteiger partial charge in [0.1, 0.15) is 0 Å². The van der Waals surface area contributed by atoms with Gasteiger partial charge in [-0.15, -0.1) is 0 Å². The maximum absolute atomic E-state index is 14.2. The first-order valence-corrected chi connectivity index (χ1v) is 14.8. The molecule has 192 valence electrons. The Labute approximate surface area is 206 Å². The van der Waals surface area contributed by atoms with Crippen molar-refractivity contribution in [3.8, 4) is 0 Å². The molecule has 1 amide bonds. The van der Waals surface area contributed by atoms with Crippen LogP contribution in [0.15, 0.2) is 58.3 Å². The summed E-state index contributed by atoms with van der Waals surface area (Å²) in [4.78, 5) is 14.5. The number of piperidine rings is 1. The summed E-state index contributed by atoms with van der Waals surface area (Å²) in [7, 11) is -7.40. The molecule has 1 aliphatic rings. The van der Waals surface area contributed by atoms with Gasteiger partial charge in [-0.3, -0.25) is 4.79 Å². The van der Waals surface area contributed by atoms with Crippen molar-refractivity contribution >= 4 is 25.6 Å². The van der Waals surface area contributed by atoms with Crippen molar-refractivity contribution in [1.82, 2.24) is 4.90 Å². The van der Waals surface area contributed by atoms with Crippen LogP contribution in [-0.2, 0) is 25.6 Å². The SMILES string of the molecule is CCC(F)(F)c1cccc(S(=O)(=O)C(C)(C)C2CCN(C(=O)c3cccc(S(C)(=O)=O)c3)CC2)c1. The Morgan fingerprint density at radius 3 is 2.11 bits per heavy atom. The van der Waals surface area contributed by atoms with E-state index in [1.165, 1.54) is 43.3 Å². The number of carbonyl (C=O) groups excluding carboxylic acids is 1. The first kappa shape index (κ1) is 27.3. The number of carbonyl (C=O) groups is 1. The van der Waals surface area contributed by atoms with Gasteiger partial charge in [0.2, 0.25) is 0 Å². The molecule has 35 heavy (non-hydrogen) atoms. The van der Waals surface area contributed by atoms with Crippen LogP contribution in [0.3, 0.4) is 0 Å². The molecular weight excluding hydrogens is 496 g/mol. The molecule has 0 spiro atoms. The maximum Gasteiger partial charge on any atom is 0.273 e. The van der Waals surface area contributed by atoms with Gasteiger partial charge < -0.3 is 4.90 Å². The van der Waals surface area contributed by atoms with E-state index in [0.717, 1.165) is 12.3 Å². The highest BCUT2D eigenvalue weighted by Crippen LogP contribution is 2.40. The summed E-state index contributed by atoms with van der Waals surface area (Å²) in [6.07, 6.45) is 1.46. The van der Waals surface area contributed by atoms with Crippen LogP contribution in [0.25, 0.3) is 0 Å². The van der Waals surface area contributed by atoms with E-state index in [1.807, 2.05) is 0 Å². The molecule has 0 bridgehead atoms. The van der Waals surface area contributed by atoms with Gasteiger partial charge in [-0.25, -0.2) is 25.6 Å². The summed E-state index contributed by atoms with van der Waals surface area (Å²) in [5.74, 6) is -3.73. The minimum atomic E-state index is -3.94. The van der Waals surface area contributed by atoms with Crippen LogP contribution < -0.4 is 0 Å². The molecule has 6 nitrogen and oxygen atoms in total. The number of nitrogens with zero attached hydrogens (tertiary/aromatic N) is 1. The predicted octanol–water partition coefficient (Wildman–Crippen LogP) is 4.70. The van der Waals surface area contributed by atoms with E-state index < -0.39 is 36.8 Å². The van der Waals surface area contributed by atoms with Gasteiger partial charge in [-0.2, -0.15) is 0 Å². The van der Waals surface area contributed by atoms with Gasteiger partial charge in [0.15, 0.2) is 19.7 Å². The molecule has 2 aromatic carbocycles. The summed E-state index contributed by atoms with van der Waals surface area (Å²) in [6, 6.07) is 10.8. The van der Waals surface area contributed by atoms with Crippen molar-refractivity contribution in [3.05, 3.63) is 59.7 Å². The number of likely N-dealkylation sites (tertiary alicyclic amines) is 1. The van der Waals surface area contributed by atoms with Crippen LogP contribution in [0.4, 0.5) is 8.78 Å². The van der Waals surface area contributed by atoms with Crippen molar-refractivity contribution < 1.29 is 30.4 Å². The van der Waals surface area contributed by atoms with Crippen molar-refractivity contribution in [2.75, 3.05) is 19.3 Å². The molecule has 0 N–H and O–H groups in total. The molecule has 0 aromatic heterocycles. The molecule has 0 unspecified atom stereocenters. The number of rotatable bonds is 7. The summed E-state index contributed by atoms with van der Waals surface area (Å²) in [5, 5.41) is 0. The number of benzene rings is 2. The van der Waals surface area contributed by atoms with E-state index in [0.29, 0.717) is 25.9 Å². The van der Waals surface area contributed by atoms with Gasteiger partial charge in [0.05, 0.1) is 14.5 Å². The quantitative estimate of drug-likeness (QED) is 0.521. The van der Waals surface area contributed by atoms with Crippen molar-refractivity contribution in [3.63, 3.8) is 0 Å².